The molecule has 28 heavy (non-hydrogen) atoms. The first-order chi connectivity index (χ1) is 13.3. The molecule has 144 valence electrons. The number of aromatic nitrogens is 1. The van der Waals surface area contributed by atoms with Crippen LogP contribution < -0.4 is 5.32 Å². The molecule has 8 heteroatoms. The highest BCUT2D eigenvalue weighted by Gasteiger charge is 2.30. The quantitative estimate of drug-likeness (QED) is 0.508. The smallest absolute Gasteiger partial charge is 0.298 e. The van der Waals surface area contributed by atoms with Crippen LogP contribution in [0, 0.1) is 0 Å². The number of thiazole rings is 1. The third-order valence-electron chi connectivity index (χ3n) is 3.69. The van der Waals surface area contributed by atoms with E-state index in [0.29, 0.717) is 16.6 Å². The van der Waals surface area contributed by atoms with Gasteiger partial charge in [-0.05, 0) is 41.5 Å². The van der Waals surface area contributed by atoms with E-state index in [2.05, 4.69) is 10.3 Å². The summed E-state index contributed by atoms with van der Waals surface area (Å²) in [5, 5.41) is 3.67. The number of hydrogen-bond acceptors (Lipinski definition) is 3. The number of carbonyl (C=O) groups is 1. The standard InChI is InChI=1S/C20H14ClF3N2OS/c21-16-6-2-4-14(10-16)11-17-12-25-19(28-17)26-18(27)8-7-13-3-1-5-15(9-13)20(22,23)24/h1-10,12H,11H2,(H,25,26,27). The van der Waals surface area contributed by atoms with Crippen LogP contribution in [-0.4, -0.2) is 10.9 Å². The number of carbonyl (C=O) groups excluding carboxylic acids is 1. The van der Waals surface area contributed by atoms with Gasteiger partial charge in [0.05, 0.1) is 5.56 Å². The third-order valence-corrected chi connectivity index (χ3v) is 4.84. The summed E-state index contributed by atoms with van der Waals surface area (Å²) < 4.78 is 38.2. The van der Waals surface area contributed by atoms with Gasteiger partial charge in [0.25, 0.3) is 0 Å². The molecule has 0 atom stereocenters. The number of nitrogens with zero attached hydrogens (tertiary/aromatic N) is 1. The summed E-state index contributed by atoms with van der Waals surface area (Å²) >= 11 is 7.29. The van der Waals surface area contributed by atoms with Crippen molar-refractivity contribution >= 4 is 40.1 Å². The lowest BCUT2D eigenvalue weighted by Crippen LogP contribution is -2.07. The molecule has 2 aromatic carbocycles. The predicted molar refractivity (Wildman–Crippen MR) is 105 cm³/mol. The van der Waals surface area contributed by atoms with Crippen LogP contribution in [-0.2, 0) is 17.4 Å². The van der Waals surface area contributed by atoms with E-state index in [9.17, 15) is 18.0 Å². The van der Waals surface area contributed by atoms with Crippen LogP contribution in [0.25, 0.3) is 6.08 Å². The maximum atomic E-state index is 12.7. The number of rotatable bonds is 5. The van der Waals surface area contributed by atoms with Gasteiger partial charge in [-0.15, -0.1) is 11.3 Å². The number of alkyl halides is 3. The summed E-state index contributed by atoms with van der Waals surface area (Å²) in [5.74, 6) is -0.471. The molecule has 0 fully saturated rings. The third kappa shape index (κ3) is 5.68. The highest BCUT2D eigenvalue weighted by atomic mass is 35.5. The molecule has 0 aliphatic rings. The number of benzene rings is 2. The number of amides is 1. The van der Waals surface area contributed by atoms with Gasteiger partial charge in [0.1, 0.15) is 0 Å². The Kier molecular flexibility index (Phi) is 6.16. The van der Waals surface area contributed by atoms with Crippen molar-refractivity contribution in [3.8, 4) is 0 Å². The Morgan fingerprint density at radius 1 is 1.18 bits per heavy atom. The van der Waals surface area contributed by atoms with Gasteiger partial charge in [-0.1, -0.05) is 35.9 Å². The SMILES string of the molecule is O=C(C=Cc1cccc(C(F)(F)F)c1)Nc1ncc(Cc2cccc(Cl)c2)s1. The average molecular weight is 423 g/mol. The Morgan fingerprint density at radius 2 is 1.96 bits per heavy atom. The maximum Gasteiger partial charge on any atom is 0.416 e. The Labute approximate surface area is 168 Å². The van der Waals surface area contributed by atoms with E-state index in [1.165, 1.54) is 35.6 Å². The molecule has 0 saturated heterocycles. The van der Waals surface area contributed by atoms with Crippen molar-refractivity contribution in [1.29, 1.82) is 0 Å². The van der Waals surface area contributed by atoms with Crippen LogP contribution in [0.2, 0.25) is 5.02 Å². The van der Waals surface area contributed by atoms with Gasteiger partial charge in [0.15, 0.2) is 5.13 Å². The predicted octanol–water partition coefficient (Wildman–Crippen LogP) is 6.06. The molecule has 0 aliphatic carbocycles. The lowest BCUT2D eigenvalue weighted by molar-refractivity contribution is -0.137. The van der Waals surface area contributed by atoms with E-state index in [1.807, 2.05) is 18.2 Å². The van der Waals surface area contributed by atoms with Crippen LogP contribution in [0.1, 0.15) is 21.6 Å². The minimum Gasteiger partial charge on any atom is -0.298 e. The van der Waals surface area contributed by atoms with Gasteiger partial charge in [-0.25, -0.2) is 4.98 Å². The molecule has 1 heterocycles. The van der Waals surface area contributed by atoms with Crippen molar-refractivity contribution in [2.24, 2.45) is 0 Å². The van der Waals surface area contributed by atoms with Gasteiger partial charge in [0.2, 0.25) is 5.91 Å². The van der Waals surface area contributed by atoms with E-state index in [-0.39, 0.29) is 5.56 Å². The molecular weight excluding hydrogens is 409 g/mol. The fourth-order valence-electron chi connectivity index (χ4n) is 2.43. The first-order valence-corrected chi connectivity index (χ1v) is 9.34. The summed E-state index contributed by atoms with van der Waals surface area (Å²) in [5.41, 5.74) is 0.546. The Bertz CT molecular complexity index is 1010. The Morgan fingerprint density at radius 3 is 2.71 bits per heavy atom. The van der Waals surface area contributed by atoms with E-state index in [1.54, 1.807) is 12.3 Å². The van der Waals surface area contributed by atoms with Crippen LogP contribution in [0.4, 0.5) is 18.3 Å². The van der Waals surface area contributed by atoms with Crippen LogP contribution in [0.3, 0.4) is 0 Å². The zero-order valence-electron chi connectivity index (χ0n) is 14.3. The van der Waals surface area contributed by atoms with Crippen molar-refractivity contribution in [2.45, 2.75) is 12.6 Å². The molecule has 0 unspecified atom stereocenters. The minimum absolute atomic E-state index is 0.283. The normalized spacial score (nSPS) is 11.7. The Balaban J connectivity index is 1.61. The highest BCUT2D eigenvalue weighted by Crippen LogP contribution is 2.29. The summed E-state index contributed by atoms with van der Waals surface area (Å²) in [6, 6.07) is 12.2. The lowest BCUT2D eigenvalue weighted by Gasteiger charge is -2.06. The average Bonchev–Trinajstić information content (AvgIpc) is 3.06. The fraction of sp³-hybridized carbons (Fsp3) is 0.100. The molecule has 0 bridgehead atoms. The molecule has 0 saturated carbocycles. The summed E-state index contributed by atoms with van der Waals surface area (Å²) in [7, 11) is 0. The van der Waals surface area contributed by atoms with Crippen LogP contribution >= 0.6 is 22.9 Å². The van der Waals surface area contributed by atoms with E-state index < -0.39 is 17.6 Å². The first-order valence-electron chi connectivity index (χ1n) is 8.15. The molecule has 1 N–H and O–H groups in total. The largest absolute Gasteiger partial charge is 0.416 e. The fourth-order valence-corrected chi connectivity index (χ4v) is 3.50. The highest BCUT2D eigenvalue weighted by molar-refractivity contribution is 7.15. The van der Waals surface area contributed by atoms with Crippen molar-refractivity contribution < 1.29 is 18.0 Å². The second-order valence-corrected chi connectivity index (χ2v) is 7.44. The number of halogens is 4. The molecule has 0 spiro atoms. The van der Waals surface area contributed by atoms with Gasteiger partial charge in [-0.3, -0.25) is 10.1 Å². The van der Waals surface area contributed by atoms with Crippen molar-refractivity contribution in [3.05, 3.63) is 87.4 Å². The summed E-state index contributed by atoms with van der Waals surface area (Å²) in [4.78, 5) is 17.1. The molecule has 3 nitrogen and oxygen atoms in total. The van der Waals surface area contributed by atoms with Crippen molar-refractivity contribution in [3.63, 3.8) is 0 Å². The van der Waals surface area contributed by atoms with E-state index in [4.69, 9.17) is 11.6 Å². The number of nitrogens with one attached hydrogen (secondary N) is 1. The molecule has 3 rings (SSSR count). The van der Waals surface area contributed by atoms with E-state index >= 15 is 0 Å². The van der Waals surface area contributed by atoms with E-state index in [0.717, 1.165) is 22.6 Å². The van der Waals surface area contributed by atoms with Crippen LogP contribution in [0.5, 0.6) is 0 Å². The molecular formula is C20H14ClF3N2OS. The molecule has 0 radical (unpaired) electrons. The second kappa shape index (κ2) is 8.58. The summed E-state index contributed by atoms with van der Waals surface area (Å²) in [6.45, 7) is 0. The number of hydrogen-bond donors (Lipinski definition) is 1. The maximum absolute atomic E-state index is 12.7. The van der Waals surface area contributed by atoms with Gasteiger partial charge < -0.3 is 0 Å². The number of anilines is 1. The van der Waals surface area contributed by atoms with Crippen molar-refractivity contribution in [2.75, 3.05) is 5.32 Å². The molecule has 0 aliphatic heterocycles. The zero-order chi connectivity index (χ0) is 20.1. The second-order valence-electron chi connectivity index (χ2n) is 5.88. The minimum atomic E-state index is -4.42. The van der Waals surface area contributed by atoms with Crippen molar-refractivity contribution in [1.82, 2.24) is 4.98 Å². The zero-order valence-corrected chi connectivity index (χ0v) is 15.9. The van der Waals surface area contributed by atoms with Crippen LogP contribution in [0.15, 0.2) is 60.8 Å². The topological polar surface area (TPSA) is 42.0 Å². The molecule has 3 aromatic rings. The monoisotopic (exact) mass is 422 g/mol. The first kappa shape index (κ1) is 20.1. The summed E-state index contributed by atoms with van der Waals surface area (Å²) in [6.07, 6.45) is 0.372. The van der Waals surface area contributed by atoms with Gasteiger partial charge >= 0.3 is 6.18 Å². The Hall–Kier alpha value is -2.64. The molecule has 1 amide bonds. The van der Waals surface area contributed by atoms with Gasteiger partial charge in [-0.2, -0.15) is 13.2 Å². The molecule has 1 aromatic heterocycles. The van der Waals surface area contributed by atoms with Gasteiger partial charge in [0, 0.05) is 28.6 Å². The lowest BCUT2D eigenvalue weighted by atomic mass is 10.1.